The Morgan fingerprint density at radius 2 is 2.57 bits per heavy atom. The molecule has 0 radical (unpaired) electrons. The monoisotopic (exact) mass is 101 g/mol. The Labute approximate surface area is 41.5 Å². The molecule has 0 saturated heterocycles. The summed E-state index contributed by atoms with van der Waals surface area (Å²) in [7, 11) is 1.25. The molecule has 0 saturated carbocycles. The lowest BCUT2D eigenvalue weighted by Gasteiger charge is -1.85. The average Bonchev–Trinajstić information content (AvgIpc) is 1.68. The van der Waals surface area contributed by atoms with Crippen LogP contribution in [0.25, 0.3) is 0 Å². The van der Waals surface area contributed by atoms with Crippen LogP contribution in [0, 0.1) is 11.3 Å². The molecule has 0 atom stereocenters. The molecule has 0 aliphatic rings. The molecule has 0 aromatic heterocycles. The number of hydrogen-bond donors (Lipinski definition) is 0. The van der Waals surface area contributed by atoms with Gasteiger partial charge in [-0.05, 0) is 0 Å². The maximum absolute atomic E-state index is 9.97. The highest BCUT2D eigenvalue weighted by atomic mass is 16.5. The number of hydrogen-bond acceptors (Lipinski definition) is 3. The van der Waals surface area contributed by atoms with Gasteiger partial charge in [0, 0.05) is 0 Å². The lowest BCUT2D eigenvalue weighted by Crippen LogP contribution is -1.96. The third kappa shape index (κ3) is 2.77. The molecule has 0 aliphatic carbocycles. The van der Waals surface area contributed by atoms with Crippen molar-refractivity contribution in [3.63, 3.8) is 0 Å². The fourth-order valence-electron chi connectivity index (χ4n) is 0.137. The Balaban J connectivity index is 3.23. The molecule has 0 aromatic rings. The third-order valence-corrected chi connectivity index (χ3v) is 0.451. The van der Waals surface area contributed by atoms with Crippen molar-refractivity contribution in [2.75, 3.05) is 7.11 Å². The summed E-state index contributed by atoms with van der Waals surface area (Å²) in [4.78, 5) is 9.97. The Bertz CT molecular complexity index is 103. The van der Waals surface area contributed by atoms with E-state index in [0.29, 0.717) is 0 Å². The van der Waals surface area contributed by atoms with Gasteiger partial charge in [0.2, 0.25) is 0 Å². The van der Waals surface area contributed by atoms with Crippen molar-refractivity contribution in [2.24, 2.45) is 0 Å². The minimum atomic E-state index is -0.484. The topological polar surface area (TPSA) is 50.1 Å². The minimum Gasteiger partial charge on any atom is -0.468 e. The third-order valence-electron chi connectivity index (χ3n) is 0.451. The van der Waals surface area contributed by atoms with Gasteiger partial charge >= 0.3 is 5.97 Å². The maximum Gasteiger partial charge on any atom is 0.319 e. The molecule has 0 aromatic carbocycles. The van der Waals surface area contributed by atoms with E-state index >= 15 is 0 Å². The molecule has 0 heterocycles. The molecule has 38 valence electrons. The summed E-state index contributed by atoms with van der Waals surface area (Å²) in [6.07, 6.45) is -0.156. The van der Waals surface area contributed by atoms with Crippen LogP contribution in [0.5, 0.6) is 0 Å². The lowest BCUT2D eigenvalue weighted by molar-refractivity contribution is -0.139. The molecule has 0 rings (SSSR count). The molecule has 7 heavy (non-hydrogen) atoms. The van der Waals surface area contributed by atoms with Gasteiger partial charge < -0.3 is 4.74 Å². The second-order valence-electron chi connectivity index (χ2n) is 0.911. The van der Waals surface area contributed by atoms with Gasteiger partial charge in [-0.1, -0.05) is 0 Å². The van der Waals surface area contributed by atoms with E-state index in [1.54, 1.807) is 6.07 Å². The molecule has 0 bridgehead atoms. The van der Waals surface area contributed by atoms with Crippen molar-refractivity contribution in [1.82, 2.24) is 0 Å². The van der Waals surface area contributed by atoms with Crippen molar-refractivity contribution in [1.29, 1.82) is 5.26 Å². The van der Waals surface area contributed by atoms with Gasteiger partial charge in [0.25, 0.3) is 0 Å². The van der Waals surface area contributed by atoms with Crippen molar-refractivity contribution < 1.29 is 9.53 Å². The van der Waals surface area contributed by atoms with Gasteiger partial charge in [-0.15, -0.1) is 0 Å². The first kappa shape index (κ1) is 5.96. The van der Waals surface area contributed by atoms with E-state index in [0.717, 1.165) is 0 Å². The molecule has 0 aliphatic heterocycles. The Hall–Kier alpha value is -1.04. The highest BCUT2D eigenvalue weighted by Gasteiger charge is 1.93. The fraction of sp³-hybridized carbons (Fsp3) is 0.500. The van der Waals surface area contributed by atoms with Crippen LogP contribution in [0.2, 0.25) is 0 Å². The summed E-state index contributed by atoms with van der Waals surface area (Å²) >= 11 is 0. The van der Waals surface area contributed by atoms with Crippen LogP contribution in [0.3, 0.4) is 0 Å². The van der Waals surface area contributed by atoms with E-state index in [4.69, 9.17) is 5.26 Å². The number of nitriles is 1. The van der Waals surface area contributed by atoms with Gasteiger partial charge in [0.1, 0.15) is 6.42 Å². The average molecular weight is 101 g/mol. The highest BCUT2D eigenvalue weighted by molar-refractivity contribution is 5.71. The number of rotatable bonds is 1. The number of carbonyl (C=O) groups excluding carboxylic acids is 1. The number of esters is 1. The first-order valence-electron chi connectivity index (χ1n) is 1.75. The largest absolute Gasteiger partial charge is 0.468 e. The summed E-state index contributed by atoms with van der Waals surface area (Å²) < 4.78 is 4.13. The van der Waals surface area contributed by atoms with Gasteiger partial charge in [0.05, 0.1) is 13.2 Å². The highest BCUT2D eigenvalue weighted by Crippen LogP contribution is 1.76. The minimum absolute atomic E-state index is 0.156. The van der Waals surface area contributed by atoms with Crippen molar-refractivity contribution in [2.45, 2.75) is 6.42 Å². The second-order valence-corrected chi connectivity index (χ2v) is 0.911. The van der Waals surface area contributed by atoms with Gasteiger partial charge in [-0.2, -0.15) is 5.26 Å². The maximum atomic E-state index is 9.97. The van der Waals surface area contributed by atoms with Crippen LogP contribution >= 0.6 is 0 Å². The van der Waals surface area contributed by atoms with Crippen molar-refractivity contribution >= 4 is 5.97 Å². The lowest BCUT2D eigenvalue weighted by atomic mass is 11.1. The summed E-state index contributed by atoms with van der Waals surface area (Å²) in [5.74, 6) is -0.484. The van der Waals surface area contributed by atoms with Crippen LogP contribution in [0.4, 0.5) is 0 Å². The van der Waals surface area contributed by atoms with Crippen LogP contribution in [0.1, 0.15) is 6.42 Å². The van der Waals surface area contributed by atoms with Crippen molar-refractivity contribution in [3.8, 4) is 6.07 Å². The van der Waals surface area contributed by atoms with E-state index in [1.807, 2.05) is 0 Å². The van der Waals surface area contributed by atoms with Crippen LogP contribution in [0.15, 0.2) is 0 Å². The molecule has 3 nitrogen and oxygen atoms in total. The number of ether oxygens (including phenoxy) is 1. The fourth-order valence-corrected chi connectivity index (χ4v) is 0.137. The molecular formula is C4H5NO2. The molecule has 0 fully saturated rings. The van der Waals surface area contributed by atoms with Crippen LogP contribution < -0.4 is 0 Å². The summed E-state index contributed by atoms with van der Waals surface area (Å²) in [5, 5.41) is 7.82. The van der Waals surface area contributed by atoms with E-state index in [1.165, 1.54) is 7.11 Å². The predicted octanol–water partition coefficient (Wildman–Crippen LogP) is 0.0731. The van der Waals surface area contributed by atoms with Crippen LogP contribution in [-0.4, -0.2) is 13.1 Å². The van der Waals surface area contributed by atoms with Gasteiger partial charge in [-0.3, -0.25) is 4.79 Å². The van der Waals surface area contributed by atoms with Crippen molar-refractivity contribution in [3.05, 3.63) is 0 Å². The number of nitrogens with zero attached hydrogens (tertiary/aromatic N) is 1. The SMILES string of the molecule is COC(=O)[14CH2]C#N. The number of carbonyl (C=O) groups is 1. The Morgan fingerprint density at radius 1 is 2.00 bits per heavy atom. The van der Waals surface area contributed by atoms with E-state index in [2.05, 4.69) is 4.74 Å². The first-order chi connectivity index (χ1) is 3.31. The predicted molar refractivity (Wildman–Crippen MR) is 22.2 cm³/mol. The molecule has 0 amide bonds. The number of methoxy groups -OCH3 is 1. The summed E-state index contributed by atoms with van der Waals surface area (Å²) in [6, 6.07) is 1.64. The molecule has 0 unspecified atom stereocenters. The van der Waals surface area contributed by atoms with Crippen LogP contribution in [-0.2, 0) is 9.53 Å². The smallest absolute Gasteiger partial charge is 0.319 e. The second kappa shape index (κ2) is 3.16. The normalized spacial score (nSPS) is 6.86. The zero-order valence-electron chi connectivity index (χ0n) is 3.97. The van der Waals surface area contributed by atoms with Gasteiger partial charge in [0.15, 0.2) is 0 Å². The molecule has 3 heteroatoms. The zero-order valence-corrected chi connectivity index (χ0v) is 3.97. The summed E-state index contributed by atoms with van der Waals surface area (Å²) in [5.41, 5.74) is 0. The Kier molecular flexibility index (Phi) is 2.69. The zero-order chi connectivity index (χ0) is 5.70. The van der Waals surface area contributed by atoms with E-state index in [-0.39, 0.29) is 6.42 Å². The first-order valence-corrected chi connectivity index (χ1v) is 1.75. The van der Waals surface area contributed by atoms with E-state index in [9.17, 15) is 4.79 Å². The van der Waals surface area contributed by atoms with Gasteiger partial charge in [-0.25, -0.2) is 0 Å². The molecule has 0 N–H and O–H groups in total. The van der Waals surface area contributed by atoms with E-state index < -0.39 is 5.97 Å². The standard InChI is InChI=1S/C4H5NO2/c1-7-4(6)2-3-5/h2H2,1H3/i2+2. The molecular weight excluding hydrogens is 96.0 g/mol. The Morgan fingerprint density at radius 3 is 2.71 bits per heavy atom. The quantitative estimate of drug-likeness (QED) is 0.439. The summed E-state index contributed by atoms with van der Waals surface area (Å²) in [6.45, 7) is 0. The molecule has 0 spiro atoms.